The van der Waals surface area contributed by atoms with Crippen LogP contribution in [-0.2, 0) is 13.0 Å². The average molecular weight is 443 g/mol. The molecule has 3 heterocycles. The molecule has 0 radical (unpaired) electrons. The molecule has 0 atom stereocenters. The van der Waals surface area contributed by atoms with Crippen molar-refractivity contribution < 1.29 is 14.4 Å². The van der Waals surface area contributed by atoms with E-state index >= 15 is 0 Å². The number of aromatic nitrogens is 2. The lowest BCUT2D eigenvalue weighted by Gasteiger charge is -2.12. The predicted octanol–water partition coefficient (Wildman–Crippen LogP) is 4.30. The number of nitrogens with one attached hydrogen (secondary N) is 1. The minimum atomic E-state index is -0.433. The Bertz CT molecular complexity index is 1380. The summed E-state index contributed by atoms with van der Waals surface area (Å²) in [5, 5.41) is 3.29. The summed E-state index contributed by atoms with van der Waals surface area (Å²) in [6.07, 6.45) is 2.54. The van der Waals surface area contributed by atoms with Gasteiger partial charge in [0.15, 0.2) is 5.13 Å². The third-order valence-corrected chi connectivity index (χ3v) is 6.29. The molecule has 5 rings (SSSR count). The van der Waals surface area contributed by atoms with E-state index in [0.717, 1.165) is 21.5 Å². The smallest absolute Gasteiger partial charge is 0.261 e. The van der Waals surface area contributed by atoms with Crippen molar-refractivity contribution in [3.05, 3.63) is 88.7 Å². The second-order valence-corrected chi connectivity index (χ2v) is 8.44. The van der Waals surface area contributed by atoms with Crippen molar-refractivity contribution in [3.8, 4) is 0 Å². The van der Waals surface area contributed by atoms with Gasteiger partial charge >= 0.3 is 0 Å². The molecule has 4 aromatic rings. The number of hydrogen-bond acceptors (Lipinski definition) is 6. The van der Waals surface area contributed by atoms with Gasteiger partial charge in [-0.2, -0.15) is 0 Å². The topological polar surface area (TPSA) is 92.3 Å². The molecule has 1 N–H and O–H groups in total. The molecule has 2 aromatic carbocycles. The number of nitrogens with zero attached hydrogens (tertiary/aromatic N) is 3. The monoisotopic (exact) mass is 442 g/mol. The van der Waals surface area contributed by atoms with Crippen LogP contribution in [0.4, 0.5) is 5.13 Å². The first-order valence-corrected chi connectivity index (χ1v) is 11.0. The maximum absolute atomic E-state index is 12.9. The first-order chi connectivity index (χ1) is 15.5. The number of fused-ring (bicyclic) bond motifs is 2. The van der Waals surface area contributed by atoms with Gasteiger partial charge in [-0.1, -0.05) is 30.4 Å². The van der Waals surface area contributed by atoms with E-state index in [2.05, 4.69) is 28.3 Å². The molecule has 1 aliphatic heterocycles. The molecule has 3 amide bonds. The van der Waals surface area contributed by atoms with Crippen LogP contribution in [0.2, 0.25) is 0 Å². The van der Waals surface area contributed by atoms with Crippen LogP contribution >= 0.6 is 11.3 Å². The number of thiazole rings is 1. The Balaban J connectivity index is 1.37. The predicted molar refractivity (Wildman–Crippen MR) is 122 cm³/mol. The summed E-state index contributed by atoms with van der Waals surface area (Å²) in [6, 6.07) is 15.9. The summed E-state index contributed by atoms with van der Waals surface area (Å²) >= 11 is 1.40. The Morgan fingerprint density at radius 2 is 1.88 bits per heavy atom. The van der Waals surface area contributed by atoms with Gasteiger partial charge < -0.3 is 0 Å². The van der Waals surface area contributed by atoms with Crippen LogP contribution in [0.25, 0.3) is 10.2 Å². The lowest BCUT2D eigenvalue weighted by molar-refractivity contribution is 0.0640. The van der Waals surface area contributed by atoms with Gasteiger partial charge in [-0.3, -0.25) is 29.6 Å². The maximum Gasteiger partial charge on any atom is 0.261 e. The minimum Gasteiger partial charge on any atom is -0.298 e. The Labute approximate surface area is 187 Å². The number of hydrogen-bond donors (Lipinski definition) is 1. The Hall–Kier alpha value is -3.91. The average Bonchev–Trinajstić information content (AvgIpc) is 3.32. The van der Waals surface area contributed by atoms with Crippen LogP contribution < -0.4 is 5.32 Å². The van der Waals surface area contributed by atoms with Crippen LogP contribution in [0.3, 0.4) is 0 Å². The number of aryl methyl sites for hydroxylation is 1. The van der Waals surface area contributed by atoms with Gasteiger partial charge in [0, 0.05) is 11.8 Å². The molecular formula is C24H18N4O3S. The number of amides is 3. The van der Waals surface area contributed by atoms with Crippen LogP contribution in [0, 0.1) is 0 Å². The van der Waals surface area contributed by atoms with Gasteiger partial charge in [-0.05, 0) is 54.4 Å². The van der Waals surface area contributed by atoms with E-state index in [1.54, 1.807) is 30.5 Å². The fraction of sp³-hybridized carbons (Fsp3) is 0.125. The number of benzene rings is 2. The SMILES string of the molecule is CCc1ccc2nc(NC(=O)c3ccc4c(c3)C(=O)N(Cc3ccccn3)C4=O)sc2c1. The minimum absolute atomic E-state index is 0.0835. The van der Waals surface area contributed by atoms with Gasteiger partial charge in [-0.25, -0.2) is 4.98 Å². The number of carbonyl (C=O) groups is 3. The van der Waals surface area contributed by atoms with E-state index in [1.165, 1.54) is 29.0 Å². The number of anilines is 1. The Morgan fingerprint density at radius 3 is 2.66 bits per heavy atom. The fourth-order valence-electron chi connectivity index (χ4n) is 3.64. The number of carbonyl (C=O) groups excluding carboxylic acids is 3. The lowest BCUT2D eigenvalue weighted by atomic mass is 10.1. The number of pyridine rings is 1. The van der Waals surface area contributed by atoms with Crippen LogP contribution in [0.1, 0.15) is 49.3 Å². The lowest BCUT2D eigenvalue weighted by Crippen LogP contribution is -2.29. The van der Waals surface area contributed by atoms with Gasteiger partial charge in [0.05, 0.1) is 33.6 Å². The highest BCUT2D eigenvalue weighted by Crippen LogP contribution is 2.29. The van der Waals surface area contributed by atoms with E-state index in [4.69, 9.17) is 0 Å². The highest BCUT2D eigenvalue weighted by Gasteiger charge is 2.36. The van der Waals surface area contributed by atoms with E-state index in [0.29, 0.717) is 10.8 Å². The van der Waals surface area contributed by atoms with Gasteiger partial charge in [0.2, 0.25) is 0 Å². The zero-order chi connectivity index (χ0) is 22.2. The molecule has 0 saturated carbocycles. The van der Waals surface area contributed by atoms with Crippen LogP contribution in [0.5, 0.6) is 0 Å². The van der Waals surface area contributed by atoms with Crippen molar-refractivity contribution in [1.82, 2.24) is 14.9 Å². The zero-order valence-electron chi connectivity index (χ0n) is 17.2. The van der Waals surface area contributed by atoms with E-state index in [9.17, 15) is 14.4 Å². The Morgan fingerprint density at radius 1 is 1.03 bits per heavy atom. The van der Waals surface area contributed by atoms with Crippen molar-refractivity contribution in [2.75, 3.05) is 5.32 Å². The van der Waals surface area contributed by atoms with Crippen molar-refractivity contribution in [3.63, 3.8) is 0 Å². The van der Waals surface area contributed by atoms with Crippen LogP contribution in [-0.4, -0.2) is 32.6 Å². The van der Waals surface area contributed by atoms with Crippen molar-refractivity contribution in [1.29, 1.82) is 0 Å². The molecule has 0 fully saturated rings. The van der Waals surface area contributed by atoms with Crippen molar-refractivity contribution >= 4 is 44.4 Å². The summed E-state index contributed by atoms with van der Waals surface area (Å²) in [5.74, 6) is -1.20. The van der Waals surface area contributed by atoms with Crippen molar-refractivity contribution in [2.24, 2.45) is 0 Å². The molecular weight excluding hydrogens is 424 g/mol. The summed E-state index contributed by atoms with van der Waals surface area (Å²) in [7, 11) is 0. The molecule has 0 saturated heterocycles. The second-order valence-electron chi connectivity index (χ2n) is 7.41. The largest absolute Gasteiger partial charge is 0.298 e. The molecule has 7 nitrogen and oxygen atoms in total. The van der Waals surface area contributed by atoms with E-state index in [-0.39, 0.29) is 35.0 Å². The first-order valence-electron chi connectivity index (χ1n) is 10.1. The van der Waals surface area contributed by atoms with Gasteiger partial charge in [-0.15, -0.1) is 0 Å². The summed E-state index contributed by atoms with van der Waals surface area (Å²) < 4.78 is 1.000. The molecule has 0 bridgehead atoms. The quantitative estimate of drug-likeness (QED) is 0.465. The van der Waals surface area contributed by atoms with Gasteiger partial charge in [0.25, 0.3) is 17.7 Å². The van der Waals surface area contributed by atoms with E-state index < -0.39 is 5.91 Å². The third-order valence-electron chi connectivity index (χ3n) is 5.36. The molecule has 8 heteroatoms. The summed E-state index contributed by atoms with van der Waals surface area (Å²) in [5.41, 5.74) is 3.43. The second kappa shape index (κ2) is 7.97. The molecule has 32 heavy (non-hydrogen) atoms. The van der Waals surface area contributed by atoms with Crippen molar-refractivity contribution in [2.45, 2.75) is 19.9 Å². The highest BCUT2D eigenvalue weighted by atomic mass is 32.1. The third kappa shape index (κ3) is 3.54. The van der Waals surface area contributed by atoms with Crippen LogP contribution in [0.15, 0.2) is 60.8 Å². The normalized spacial score (nSPS) is 13.0. The zero-order valence-corrected chi connectivity index (χ0v) is 18.0. The molecule has 0 unspecified atom stereocenters. The molecule has 158 valence electrons. The van der Waals surface area contributed by atoms with E-state index in [1.807, 2.05) is 12.1 Å². The molecule has 1 aliphatic rings. The fourth-order valence-corrected chi connectivity index (χ4v) is 4.57. The number of rotatable bonds is 5. The molecule has 0 aliphatic carbocycles. The van der Waals surface area contributed by atoms with Gasteiger partial charge in [0.1, 0.15) is 0 Å². The Kier molecular flexibility index (Phi) is 4.99. The number of imide groups is 1. The summed E-state index contributed by atoms with van der Waals surface area (Å²) in [4.78, 5) is 48.2. The molecule has 0 spiro atoms. The first kappa shape index (κ1) is 20.0. The maximum atomic E-state index is 12.9. The summed E-state index contributed by atoms with van der Waals surface area (Å²) in [6.45, 7) is 2.17. The highest BCUT2D eigenvalue weighted by molar-refractivity contribution is 7.22. The molecule has 2 aromatic heterocycles. The standard InChI is InChI=1S/C24H18N4O3S/c1-2-14-6-9-19-20(11-14)32-24(26-19)27-21(29)15-7-8-17-18(12-15)23(31)28(22(17)30)13-16-5-3-4-10-25-16/h3-12H,2,13H2,1H3,(H,26,27,29).